The van der Waals surface area contributed by atoms with E-state index in [1.54, 1.807) is 25.3 Å². The van der Waals surface area contributed by atoms with Crippen molar-refractivity contribution >= 4 is 29.2 Å². The van der Waals surface area contributed by atoms with E-state index in [0.717, 1.165) is 23.1 Å². The fraction of sp³-hybridized carbons (Fsp3) is 0.250. The van der Waals surface area contributed by atoms with Crippen LogP contribution in [0.2, 0.25) is 0 Å². The molecule has 1 atom stereocenters. The quantitative estimate of drug-likeness (QED) is 0.473. The molecular formula is C28H29N3O4. The van der Waals surface area contributed by atoms with Gasteiger partial charge in [-0.3, -0.25) is 9.59 Å². The first-order valence-electron chi connectivity index (χ1n) is 11.6. The summed E-state index contributed by atoms with van der Waals surface area (Å²) < 4.78 is 5.30. The van der Waals surface area contributed by atoms with Crippen LogP contribution in [0.15, 0.2) is 72.8 Å². The van der Waals surface area contributed by atoms with Gasteiger partial charge >= 0.3 is 6.03 Å². The fourth-order valence-electron chi connectivity index (χ4n) is 4.20. The third-order valence-electron chi connectivity index (χ3n) is 6.09. The number of ether oxygens (including phenoxy) is 1. The highest BCUT2D eigenvalue weighted by molar-refractivity contribution is 6.22. The van der Waals surface area contributed by atoms with Gasteiger partial charge in [0.05, 0.1) is 19.2 Å². The third-order valence-corrected chi connectivity index (χ3v) is 6.09. The molecule has 0 saturated carbocycles. The van der Waals surface area contributed by atoms with Crippen LogP contribution in [0.4, 0.5) is 16.2 Å². The Morgan fingerprint density at radius 2 is 1.71 bits per heavy atom. The zero-order chi connectivity index (χ0) is 24.9. The van der Waals surface area contributed by atoms with Gasteiger partial charge in [0, 0.05) is 12.2 Å². The van der Waals surface area contributed by atoms with Crippen LogP contribution in [0.3, 0.4) is 0 Å². The molecule has 1 fully saturated rings. The molecule has 1 heterocycles. The van der Waals surface area contributed by atoms with E-state index in [4.69, 9.17) is 4.74 Å². The molecule has 0 radical (unpaired) electrons. The van der Waals surface area contributed by atoms with Gasteiger partial charge in [0.2, 0.25) is 5.91 Å². The van der Waals surface area contributed by atoms with Gasteiger partial charge in [-0.15, -0.1) is 0 Å². The lowest BCUT2D eigenvalue weighted by Crippen LogP contribution is -2.37. The number of anilines is 2. The Morgan fingerprint density at radius 3 is 2.40 bits per heavy atom. The number of carbonyl (C=O) groups excluding carboxylic acids is 3. The van der Waals surface area contributed by atoms with Crippen LogP contribution in [-0.4, -0.2) is 35.9 Å². The van der Waals surface area contributed by atoms with E-state index >= 15 is 0 Å². The number of amides is 4. The molecule has 7 heteroatoms. The number of benzene rings is 3. The largest absolute Gasteiger partial charge is 0.497 e. The van der Waals surface area contributed by atoms with Crippen molar-refractivity contribution in [2.75, 3.05) is 17.3 Å². The summed E-state index contributed by atoms with van der Waals surface area (Å²) in [5.41, 5.74) is 4.04. The second kappa shape index (κ2) is 10.4. The van der Waals surface area contributed by atoms with Gasteiger partial charge in [0.25, 0.3) is 5.91 Å². The highest BCUT2D eigenvalue weighted by atomic mass is 16.5. The number of rotatable bonds is 8. The lowest BCUT2D eigenvalue weighted by atomic mass is 10.1. The number of hydrogen-bond donors (Lipinski definition) is 1. The Bertz CT molecular complexity index is 1240. The minimum Gasteiger partial charge on any atom is -0.497 e. The van der Waals surface area contributed by atoms with Crippen LogP contribution < -0.4 is 15.0 Å². The standard InChI is InChI=1S/C28H29N3O4/c1-4-20-11-13-22(14-12-20)29-26(32)17-25-27(33)31(23-9-5-7-19(2)15-23)28(34)30(25)18-21-8-6-10-24(16-21)35-3/h5-16,25H,4,17-18H2,1-3H3,(H,29,32)/t25-/m1/s1. The molecule has 0 spiro atoms. The number of imide groups is 1. The summed E-state index contributed by atoms with van der Waals surface area (Å²) >= 11 is 0. The van der Waals surface area contributed by atoms with Crippen LogP contribution >= 0.6 is 0 Å². The average molecular weight is 472 g/mol. The topological polar surface area (TPSA) is 79.0 Å². The minimum absolute atomic E-state index is 0.146. The molecule has 3 aromatic carbocycles. The first kappa shape index (κ1) is 24.0. The lowest BCUT2D eigenvalue weighted by molar-refractivity contribution is -0.124. The third kappa shape index (κ3) is 5.35. The highest BCUT2D eigenvalue weighted by Gasteiger charge is 2.46. The van der Waals surface area contributed by atoms with E-state index in [1.807, 2.05) is 61.5 Å². The molecule has 0 bridgehead atoms. The molecule has 0 aliphatic carbocycles. The van der Waals surface area contributed by atoms with Gasteiger partial charge in [-0.1, -0.05) is 43.3 Å². The fourth-order valence-corrected chi connectivity index (χ4v) is 4.20. The predicted octanol–water partition coefficient (Wildman–Crippen LogP) is 4.93. The summed E-state index contributed by atoms with van der Waals surface area (Å²) in [5, 5.41) is 2.85. The molecule has 180 valence electrons. The van der Waals surface area contributed by atoms with Crippen molar-refractivity contribution in [3.63, 3.8) is 0 Å². The zero-order valence-electron chi connectivity index (χ0n) is 20.2. The number of nitrogens with zero attached hydrogens (tertiary/aromatic N) is 2. The Morgan fingerprint density at radius 1 is 0.971 bits per heavy atom. The van der Waals surface area contributed by atoms with Crippen LogP contribution in [0.1, 0.15) is 30.0 Å². The maximum Gasteiger partial charge on any atom is 0.332 e. The maximum atomic E-state index is 13.5. The lowest BCUT2D eigenvalue weighted by Gasteiger charge is -2.22. The van der Waals surface area contributed by atoms with Gasteiger partial charge in [-0.2, -0.15) is 0 Å². The molecule has 1 aliphatic rings. The van der Waals surface area contributed by atoms with Gasteiger partial charge in [-0.25, -0.2) is 9.69 Å². The van der Waals surface area contributed by atoms with Crippen molar-refractivity contribution < 1.29 is 19.1 Å². The Balaban J connectivity index is 1.60. The molecule has 1 saturated heterocycles. The monoisotopic (exact) mass is 471 g/mol. The number of methoxy groups -OCH3 is 1. The Kier molecular flexibility index (Phi) is 7.15. The SMILES string of the molecule is CCc1ccc(NC(=O)C[C@@H]2C(=O)N(c3cccc(C)c3)C(=O)N2Cc2cccc(OC)c2)cc1. The van der Waals surface area contributed by atoms with Crippen molar-refractivity contribution in [1.82, 2.24) is 4.90 Å². The van der Waals surface area contributed by atoms with Crippen LogP contribution in [0.5, 0.6) is 5.75 Å². The molecule has 4 amide bonds. The molecular weight excluding hydrogens is 442 g/mol. The first-order valence-corrected chi connectivity index (χ1v) is 11.6. The number of hydrogen-bond acceptors (Lipinski definition) is 4. The van der Waals surface area contributed by atoms with Crippen molar-refractivity contribution in [2.24, 2.45) is 0 Å². The number of urea groups is 1. The second-order valence-corrected chi connectivity index (χ2v) is 8.59. The van der Waals surface area contributed by atoms with Crippen LogP contribution in [0, 0.1) is 6.92 Å². The molecule has 3 aromatic rings. The van der Waals surface area contributed by atoms with E-state index in [-0.39, 0.29) is 18.9 Å². The first-order chi connectivity index (χ1) is 16.9. The van der Waals surface area contributed by atoms with E-state index in [2.05, 4.69) is 12.2 Å². The molecule has 1 N–H and O–H groups in total. The predicted molar refractivity (Wildman–Crippen MR) is 135 cm³/mol. The Labute approximate surface area is 205 Å². The number of aryl methyl sites for hydroxylation is 2. The summed E-state index contributed by atoms with van der Waals surface area (Å²) in [6.45, 7) is 4.14. The van der Waals surface area contributed by atoms with E-state index < -0.39 is 18.0 Å². The molecule has 7 nitrogen and oxygen atoms in total. The summed E-state index contributed by atoms with van der Waals surface area (Å²) in [7, 11) is 1.57. The van der Waals surface area contributed by atoms with Gasteiger partial charge in [-0.05, 0) is 66.4 Å². The average Bonchev–Trinajstić information content (AvgIpc) is 3.08. The minimum atomic E-state index is -0.927. The van der Waals surface area contributed by atoms with Crippen molar-refractivity contribution in [3.05, 3.63) is 89.5 Å². The van der Waals surface area contributed by atoms with Crippen molar-refractivity contribution in [2.45, 2.75) is 39.3 Å². The summed E-state index contributed by atoms with van der Waals surface area (Å²) in [6, 6.07) is 20.8. The van der Waals surface area contributed by atoms with Gasteiger partial charge in [0.15, 0.2) is 0 Å². The van der Waals surface area contributed by atoms with E-state index in [0.29, 0.717) is 17.1 Å². The maximum absolute atomic E-state index is 13.5. The van der Waals surface area contributed by atoms with Crippen LogP contribution in [0.25, 0.3) is 0 Å². The van der Waals surface area contributed by atoms with E-state index in [9.17, 15) is 14.4 Å². The van der Waals surface area contributed by atoms with E-state index in [1.165, 1.54) is 9.80 Å². The summed E-state index contributed by atoms with van der Waals surface area (Å²) in [6.07, 6.45) is 0.757. The summed E-state index contributed by atoms with van der Waals surface area (Å²) in [5.74, 6) is -0.0945. The van der Waals surface area contributed by atoms with Crippen molar-refractivity contribution in [3.8, 4) is 5.75 Å². The van der Waals surface area contributed by atoms with Crippen LogP contribution in [-0.2, 0) is 22.6 Å². The van der Waals surface area contributed by atoms with Gasteiger partial charge < -0.3 is 15.0 Å². The smallest absolute Gasteiger partial charge is 0.332 e. The molecule has 4 rings (SSSR count). The normalized spacial score (nSPS) is 15.5. The highest BCUT2D eigenvalue weighted by Crippen LogP contribution is 2.29. The van der Waals surface area contributed by atoms with Crippen molar-refractivity contribution in [1.29, 1.82) is 0 Å². The second-order valence-electron chi connectivity index (χ2n) is 8.59. The molecule has 0 aromatic heterocycles. The molecule has 0 unspecified atom stereocenters. The number of carbonyl (C=O) groups is 3. The number of nitrogens with one attached hydrogen (secondary N) is 1. The Hall–Kier alpha value is -4.13. The van der Waals surface area contributed by atoms with Gasteiger partial charge in [0.1, 0.15) is 11.8 Å². The summed E-state index contributed by atoms with van der Waals surface area (Å²) in [4.78, 5) is 42.5. The molecule has 35 heavy (non-hydrogen) atoms. The molecule has 1 aliphatic heterocycles. The zero-order valence-corrected chi connectivity index (χ0v) is 20.2.